The predicted molar refractivity (Wildman–Crippen MR) is 106 cm³/mol. The van der Waals surface area contributed by atoms with Crippen LogP contribution < -0.4 is 10.1 Å². The summed E-state index contributed by atoms with van der Waals surface area (Å²) in [6.45, 7) is 0. The number of benzene rings is 2. The van der Waals surface area contributed by atoms with Gasteiger partial charge in [0.15, 0.2) is 11.6 Å². The Labute approximate surface area is 161 Å². The number of aliphatic imine (C=N–C) groups is 1. The summed E-state index contributed by atoms with van der Waals surface area (Å²) < 4.78 is 23.6. The molecule has 27 heavy (non-hydrogen) atoms. The van der Waals surface area contributed by atoms with Crippen LogP contribution >= 0.6 is 11.8 Å². The van der Waals surface area contributed by atoms with Crippen LogP contribution in [0.5, 0.6) is 5.75 Å². The first kappa shape index (κ1) is 19.0. The molecule has 2 aromatic carbocycles. The van der Waals surface area contributed by atoms with Gasteiger partial charge in [0.05, 0.1) is 37.1 Å². The maximum Gasteiger partial charge on any atom is 0.311 e. The lowest BCUT2D eigenvalue weighted by molar-refractivity contribution is -0.139. The summed E-state index contributed by atoms with van der Waals surface area (Å²) in [5.74, 6) is 0.0141. The zero-order valence-electron chi connectivity index (χ0n) is 15.0. The first-order chi connectivity index (χ1) is 13.1. The van der Waals surface area contributed by atoms with Crippen molar-refractivity contribution in [1.82, 2.24) is 0 Å². The quantitative estimate of drug-likeness (QED) is 0.757. The molecule has 0 aromatic heterocycles. The van der Waals surface area contributed by atoms with Crippen molar-refractivity contribution >= 4 is 34.1 Å². The van der Waals surface area contributed by atoms with Crippen molar-refractivity contribution in [2.45, 2.75) is 12.2 Å². The summed E-state index contributed by atoms with van der Waals surface area (Å²) in [7, 11) is 2.79. The molecule has 0 spiro atoms. The Morgan fingerprint density at radius 2 is 2.04 bits per heavy atom. The fourth-order valence-corrected chi connectivity index (χ4v) is 3.42. The lowest BCUT2D eigenvalue weighted by Gasteiger charge is -2.09. The number of anilines is 1. The maximum absolute atomic E-state index is 13.9. The molecular weight excluding hydrogens is 367 g/mol. The maximum atomic E-state index is 13.9. The van der Waals surface area contributed by atoms with Gasteiger partial charge < -0.3 is 14.8 Å². The average Bonchev–Trinajstić information content (AvgIpc) is 2.84. The molecule has 0 saturated heterocycles. The standard InChI is InChI=1S/C20H19FN2O3S/c1-25-18-8-7-13(9-15(18)21)12-27-19-10-14(11-20(24)26-2)22-16-5-3-4-6-17(16)23-19/h3-10,22H,11-12H2,1-2H3. The van der Waals surface area contributed by atoms with Gasteiger partial charge in [-0.3, -0.25) is 4.79 Å². The van der Waals surface area contributed by atoms with Crippen LogP contribution in [0.1, 0.15) is 12.0 Å². The van der Waals surface area contributed by atoms with E-state index in [0.717, 1.165) is 22.0 Å². The Kier molecular flexibility index (Phi) is 6.13. The Morgan fingerprint density at radius 3 is 2.78 bits per heavy atom. The van der Waals surface area contributed by atoms with E-state index in [1.165, 1.54) is 32.0 Å². The van der Waals surface area contributed by atoms with Gasteiger partial charge >= 0.3 is 5.97 Å². The van der Waals surface area contributed by atoms with Crippen LogP contribution in [-0.2, 0) is 15.3 Å². The van der Waals surface area contributed by atoms with Crippen LogP contribution in [0.3, 0.4) is 0 Å². The highest BCUT2D eigenvalue weighted by Crippen LogP contribution is 2.32. The molecule has 1 aliphatic heterocycles. The first-order valence-corrected chi connectivity index (χ1v) is 9.25. The molecule has 3 rings (SSSR count). The van der Waals surface area contributed by atoms with E-state index in [9.17, 15) is 9.18 Å². The van der Waals surface area contributed by atoms with E-state index in [1.807, 2.05) is 36.4 Å². The molecule has 0 fully saturated rings. The molecule has 7 heteroatoms. The smallest absolute Gasteiger partial charge is 0.311 e. The number of nitrogens with zero attached hydrogens (tertiary/aromatic N) is 1. The van der Waals surface area contributed by atoms with E-state index < -0.39 is 5.82 Å². The zero-order chi connectivity index (χ0) is 19.2. The fourth-order valence-electron chi connectivity index (χ4n) is 2.54. The van der Waals surface area contributed by atoms with Gasteiger partial charge in [-0.25, -0.2) is 9.38 Å². The normalized spacial score (nSPS) is 12.9. The molecule has 2 aromatic rings. The van der Waals surface area contributed by atoms with E-state index >= 15 is 0 Å². The minimum absolute atomic E-state index is 0.113. The van der Waals surface area contributed by atoms with Gasteiger partial charge in [0.2, 0.25) is 0 Å². The van der Waals surface area contributed by atoms with Gasteiger partial charge in [-0.15, -0.1) is 11.8 Å². The van der Waals surface area contributed by atoms with Crippen molar-refractivity contribution in [3.8, 4) is 5.75 Å². The van der Waals surface area contributed by atoms with Crippen LogP contribution in [0, 0.1) is 5.82 Å². The van der Waals surface area contributed by atoms with Gasteiger partial charge in [-0.1, -0.05) is 18.2 Å². The van der Waals surface area contributed by atoms with E-state index in [2.05, 4.69) is 10.3 Å². The van der Waals surface area contributed by atoms with Crippen molar-refractivity contribution in [2.75, 3.05) is 19.5 Å². The second kappa shape index (κ2) is 8.73. The Bertz CT molecular complexity index is 912. The van der Waals surface area contributed by atoms with Crippen LogP contribution in [0.25, 0.3) is 0 Å². The topological polar surface area (TPSA) is 59.9 Å². The molecule has 1 N–H and O–H groups in total. The lowest BCUT2D eigenvalue weighted by Crippen LogP contribution is -2.08. The summed E-state index contributed by atoms with van der Waals surface area (Å²) in [4.78, 5) is 16.3. The molecule has 0 amide bonds. The number of methoxy groups -OCH3 is 2. The molecule has 5 nitrogen and oxygen atoms in total. The van der Waals surface area contributed by atoms with E-state index in [0.29, 0.717) is 11.4 Å². The Morgan fingerprint density at radius 1 is 1.22 bits per heavy atom. The van der Waals surface area contributed by atoms with Crippen LogP contribution in [0.4, 0.5) is 15.8 Å². The molecule has 1 aliphatic rings. The number of fused-ring (bicyclic) bond motifs is 1. The highest BCUT2D eigenvalue weighted by Gasteiger charge is 2.14. The Hall–Kier alpha value is -2.80. The highest BCUT2D eigenvalue weighted by atomic mass is 32.2. The average molecular weight is 386 g/mol. The fraction of sp³-hybridized carbons (Fsp3) is 0.200. The monoisotopic (exact) mass is 386 g/mol. The summed E-state index contributed by atoms with van der Waals surface area (Å²) in [6.07, 6.45) is 1.93. The third-order valence-corrected chi connectivity index (χ3v) is 4.88. The second-order valence-corrected chi connectivity index (χ2v) is 6.77. The van der Waals surface area contributed by atoms with E-state index in [4.69, 9.17) is 9.47 Å². The zero-order valence-corrected chi connectivity index (χ0v) is 15.8. The molecule has 0 unspecified atom stereocenters. The number of carbonyl (C=O) groups excluding carboxylic acids is 1. The van der Waals surface area contributed by atoms with Crippen LogP contribution in [-0.4, -0.2) is 25.2 Å². The number of ether oxygens (including phenoxy) is 2. The Balaban J connectivity index is 1.82. The van der Waals surface area contributed by atoms with E-state index in [-0.39, 0.29) is 18.1 Å². The molecule has 0 saturated carbocycles. The number of rotatable bonds is 5. The molecule has 0 aliphatic carbocycles. The van der Waals surface area contributed by atoms with Gasteiger partial charge in [-0.2, -0.15) is 0 Å². The SMILES string of the molecule is COC(=O)CC1=CC(SCc2ccc(OC)c(F)c2)=Nc2ccccc2N1. The minimum atomic E-state index is -0.396. The van der Waals surface area contributed by atoms with Crippen molar-refractivity contribution in [1.29, 1.82) is 0 Å². The number of halogens is 1. The van der Waals surface area contributed by atoms with E-state index in [1.54, 1.807) is 6.07 Å². The predicted octanol–water partition coefficient (Wildman–Crippen LogP) is 4.67. The molecule has 0 radical (unpaired) electrons. The number of hydrogen-bond acceptors (Lipinski definition) is 6. The van der Waals surface area contributed by atoms with Crippen LogP contribution in [0.15, 0.2) is 59.2 Å². The van der Waals surface area contributed by atoms with Crippen molar-refractivity contribution in [3.05, 3.63) is 65.6 Å². The van der Waals surface area contributed by atoms with Gasteiger partial charge in [0, 0.05) is 11.4 Å². The molecule has 0 bridgehead atoms. The van der Waals surface area contributed by atoms with Gasteiger partial charge in [0.25, 0.3) is 0 Å². The largest absolute Gasteiger partial charge is 0.494 e. The third kappa shape index (κ3) is 4.89. The summed E-state index contributed by atoms with van der Waals surface area (Å²) in [6, 6.07) is 12.5. The van der Waals surface area contributed by atoms with Crippen molar-refractivity contribution < 1.29 is 18.7 Å². The van der Waals surface area contributed by atoms with Crippen molar-refractivity contribution in [3.63, 3.8) is 0 Å². The molecule has 1 heterocycles. The van der Waals surface area contributed by atoms with Gasteiger partial charge in [0.1, 0.15) is 0 Å². The summed E-state index contributed by atoms with van der Waals surface area (Å²) in [5.41, 5.74) is 3.10. The lowest BCUT2D eigenvalue weighted by atomic mass is 10.2. The highest BCUT2D eigenvalue weighted by molar-refractivity contribution is 8.13. The number of esters is 1. The number of hydrogen-bond donors (Lipinski definition) is 1. The number of para-hydroxylation sites is 2. The van der Waals surface area contributed by atoms with Gasteiger partial charge in [-0.05, 0) is 35.9 Å². The first-order valence-electron chi connectivity index (χ1n) is 8.26. The summed E-state index contributed by atoms with van der Waals surface area (Å²) in [5, 5.41) is 3.96. The number of carbonyl (C=O) groups is 1. The number of nitrogens with one attached hydrogen (secondary N) is 1. The molecular formula is C20H19FN2O3S. The van der Waals surface area contributed by atoms with Crippen molar-refractivity contribution in [2.24, 2.45) is 4.99 Å². The molecule has 140 valence electrons. The number of thioether (sulfide) groups is 1. The summed E-state index contributed by atoms with van der Waals surface area (Å²) >= 11 is 1.46. The van der Waals surface area contributed by atoms with Crippen LogP contribution in [0.2, 0.25) is 0 Å². The minimum Gasteiger partial charge on any atom is -0.494 e. The second-order valence-electron chi connectivity index (χ2n) is 5.77. The third-order valence-electron chi connectivity index (χ3n) is 3.89. The molecule has 0 atom stereocenters.